The van der Waals surface area contributed by atoms with Gasteiger partial charge in [-0.2, -0.15) is 0 Å². The molecule has 2 aromatic rings. The molecule has 2 bridgehead atoms. The molecule has 0 saturated carbocycles. The van der Waals surface area contributed by atoms with E-state index in [-0.39, 0.29) is 5.82 Å². The summed E-state index contributed by atoms with van der Waals surface area (Å²) in [5, 5.41) is 1.97. The molecule has 1 heteroatoms. The highest BCUT2D eigenvalue weighted by Crippen LogP contribution is 2.45. The molecule has 0 aliphatic heterocycles. The Morgan fingerprint density at radius 2 is 1.85 bits per heavy atom. The van der Waals surface area contributed by atoms with Gasteiger partial charge >= 0.3 is 0 Å². The lowest BCUT2D eigenvalue weighted by Gasteiger charge is -2.33. The van der Waals surface area contributed by atoms with Gasteiger partial charge in [0.25, 0.3) is 0 Å². The van der Waals surface area contributed by atoms with Gasteiger partial charge < -0.3 is 0 Å². The van der Waals surface area contributed by atoms with Crippen LogP contribution in [0.1, 0.15) is 5.56 Å². The van der Waals surface area contributed by atoms with Crippen molar-refractivity contribution in [3.63, 3.8) is 0 Å². The second-order valence-electron chi connectivity index (χ2n) is 5.33. The predicted octanol–water partition coefficient (Wildman–Crippen LogP) is 5.04. The number of fused-ring (bicyclic) bond motifs is 3. The van der Waals surface area contributed by atoms with Crippen molar-refractivity contribution in [3.05, 3.63) is 89.8 Å². The largest absolute Gasteiger partial charge is 0.207 e. The molecule has 2 aliphatic carbocycles. The fourth-order valence-corrected chi connectivity index (χ4v) is 3.00. The maximum absolute atomic E-state index is 13.3. The van der Waals surface area contributed by atoms with E-state index in [1.54, 1.807) is 6.07 Å². The van der Waals surface area contributed by atoms with Gasteiger partial charge in [0.1, 0.15) is 5.82 Å². The highest BCUT2D eigenvalue weighted by molar-refractivity contribution is 5.88. The summed E-state index contributed by atoms with van der Waals surface area (Å²) in [6.45, 7) is 4.25. The summed E-state index contributed by atoms with van der Waals surface area (Å²) in [5.74, 6) is 0.111. The van der Waals surface area contributed by atoms with Gasteiger partial charge in [0, 0.05) is 5.92 Å². The number of hydrogen-bond acceptors (Lipinski definition) is 0. The van der Waals surface area contributed by atoms with E-state index in [4.69, 9.17) is 0 Å². The van der Waals surface area contributed by atoms with E-state index < -0.39 is 0 Å². The first-order chi connectivity index (χ1) is 9.72. The molecule has 0 aromatic heterocycles. The van der Waals surface area contributed by atoms with Gasteiger partial charge in [-0.05, 0) is 51.3 Å². The zero-order valence-corrected chi connectivity index (χ0v) is 10.9. The minimum absolute atomic E-state index is 0.200. The number of rotatable bonds is 2. The second kappa shape index (κ2) is 4.04. The number of benzene rings is 2. The Hall–Kier alpha value is -2.41. The van der Waals surface area contributed by atoms with Crippen molar-refractivity contribution in [2.75, 3.05) is 0 Å². The lowest BCUT2D eigenvalue weighted by Crippen LogP contribution is -2.18. The fraction of sp³-hybridized carbons (Fsp3) is 0.0526. The summed E-state index contributed by atoms with van der Waals surface area (Å²) in [5.41, 5.74) is 4.79. The first-order valence-corrected chi connectivity index (χ1v) is 6.71. The third-order valence-corrected chi connectivity index (χ3v) is 4.10. The van der Waals surface area contributed by atoms with Crippen molar-refractivity contribution in [1.82, 2.24) is 0 Å². The van der Waals surface area contributed by atoms with Gasteiger partial charge in [0.15, 0.2) is 0 Å². The molecule has 0 spiro atoms. The fourth-order valence-electron chi connectivity index (χ4n) is 3.00. The lowest BCUT2D eigenvalue weighted by atomic mass is 9.71. The van der Waals surface area contributed by atoms with Crippen LogP contribution in [0.15, 0.2) is 78.4 Å². The van der Waals surface area contributed by atoms with E-state index in [0.717, 1.165) is 21.9 Å². The molecule has 96 valence electrons. The molecular weight excluding hydrogens is 247 g/mol. The van der Waals surface area contributed by atoms with Crippen LogP contribution in [0.3, 0.4) is 0 Å². The summed E-state index contributed by atoms with van der Waals surface area (Å²) in [7, 11) is 0. The van der Waals surface area contributed by atoms with Crippen LogP contribution >= 0.6 is 0 Å². The molecule has 2 aromatic carbocycles. The van der Waals surface area contributed by atoms with E-state index in [9.17, 15) is 4.39 Å². The highest BCUT2D eigenvalue weighted by Gasteiger charge is 2.29. The van der Waals surface area contributed by atoms with Gasteiger partial charge in [-0.3, -0.25) is 0 Å². The van der Waals surface area contributed by atoms with Gasteiger partial charge in [0.05, 0.1) is 0 Å². The Bertz CT molecular complexity index is 822. The Labute approximate surface area is 117 Å². The zero-order valence-electron chi connectivity index (χ0n) is 10.9. The summed E-state index contributed by atoms with van der Waals surface area (Å²) in [6, 6.07) is 11.0. The quantitative estimate of drug-likeness (QED) is 0.709. The standard InChI is InChI=1S/C19H13F/c1-12(19-15-3-2-4-16(19)10-15)14-6-5-13-7-8-18(20)11-17(13)9-14/h2-11,19H,1H2. The van der Waals surface area contributed by atoms with Crippen LogP contribution in [0, 0.1) is 11.7 Å². The first-order valence-electron chi connectivity index (χ1n) is 6.71. The van der Waals surface area contributed by atoms with Crippen molar-refractivity contribution in [2.45, 2.75) is 0 Å². The molecule has 0 amide bonds. The van der Waals surface area contributed by atoms with Crippen LogP contribution in [0.4, 0.5) is 4.39 Å². The maximum atomic E-state index is 13.3. The SMILES string of the molecule is C=C(c1ccc2ccc(F)cc2c1)C1c2cccc1c2. The summed E-state index contributed by atoms with van der Waals surface area (Å²) in [4.78, 5) is 0. The predicted molar refractivity (Wildman–Crippen MR) is 81.7 cm³/mol. The van der Waals surface area contributed by atoms with Crippen LogP contribution < -0.4 is 0 Å². The topological polar surface area (TPSA) is 0 Å². The van der Waals surface area contributed by atoms with Gasteiger partial charge in [0.2, 0.25) is 0 Å². The average Bonchev–Trinajstić information content (AvgIpc) is 2.47. The molecule has 1 atom stereocenters. The van der Waals surface area contributed by atoms with Crippen LogP contribution in [0.5, 0.6) is 0 Å². The minimum atomic E-state index is -0.200. The van der Waals surface area contributed by atoms with E-state index in [2.05, 4.69) is 36.9 Å². The lowest BCUT2D eigenvalue weighted by molar-refractivity contribution is 0.630. The van der Waals surface area contributed by atoms with Crippen LogP contribution in [0.2, 0.25) is 0 Å². The Morgan fingerprint density at radius 1 is 1.00 bits per heavy atom. The molecule has 1 unspecified atom stereocenters. The number of allylic oxidation sites excluding steroid dienone is 7. The molecular formula is C19H13F. The molecule has 0 N–H and O–H groups in total. The maximum Gasteiger partial charge on any atom is 0.123 e. The van der Waals surface area contributed by atoms with Gasteiger partial charge in [-0.1, -0.05) is 49.1 Å². The molecule has 0 saturated heterocycles. The van der Waals surface area contributed by atoms with E-state index in [1.165, 1.54) is 17.2 Å². The van der Waals surface area contributed by atoms with Crippen molar-refractivity contribution < 1.29 is 4.39 Å². The molecule has 0 fully saturated rings. The Morgan fingerprint density at radius 3 is 2.60 bits per heavy atom. The Kier molecular flexibility index (Phi) is 2.31. The number of hydrogen-bond donors (Lipinski definition) is 0. The van der Waals surface area contributed by atoms with Gasteiger partial charge in [-0.25, -0.2) is 4.39 Å². The monoisotopic (exact) mass is 260 g/mol. The highest BCUT2D eigenvalue weighted by atomic mass is 19.1. The molecule has 0 radical (unpaired) electrons. The molecule has 20 heavy (non-hydrogen) atoms. The molecule has 4 rings (SSSR count). The first kappa shape index (κ1) is 11.4. The Balaban J connectivity index is 1.76. The van der Waals surface area contributed by atoms with Gasteiger partial charge in [-0.15, -0.1) is 0 Å². The third-order valence-electron chi connectivity index (χ3n) is 4.10. The third kappa shape index (κ3) is 1.60. The summed E-state index contributed by atoms with van der Waals surface area (Å²) < 4.78 is 13.3. The van der Waals surface area contributed by atoms with Crippen molar-refractivity contribution in [2.24, 2.45) is 5.92 Å². The zero-order chi connectivity index (χ0) is 13.7. The normalized spacial score (nSPS) is 19.4. The molecule has 0 heterocycles. The van der Waals surface area contributed by atoms with Crippen LogP contribution in [0.25, 0.3) is 16.3 Å². The minimum Gasteiger partial charge on any atom is -0.207 e. The number of halogens is 1. The van der Waals surface area contributed by atoms with Crippen LogP contribution in [-0.4, -0.2) is 0 Å². The summed E-state index contributed by atoms with van der Waals surface area (Å²) in [6.07, 6.45) is 8.52. The van der Waals surface area contributed by atoms with Crippen LogP contribution in [-0.2, 0) is 0 Å². The van der Waals surface area contributed by atoms with E-state index in [0.29, 0.717) is 5.92 Å². The van der Waals surface area contributed by atoms with E-state index >= 15 is 0 Å². The molecule has 2 aliphatic rings. The van der Waals surface area contributed by atoms with Crippen molar-refractivity contribution in [1.29, 1.82) is 0 Å². The molecule has 0 nitrogen and oxygen atoms in total. The second-order valence-corrected chi connectivity index (χ2v) is 5.33. The smallest absolute Gasteiger partial charge is 0.123 e. The average molecular weight is 260 g/mol. The van der Waals surface area contributed by atoms with Crippen molar-refractivity contribution >= 4 is 16.3 Å². The van der Waals surface area contributed by atoms with Crippen molar-refractivity contribution in [3.8, 4) is 0 Å². The van der Waals surface area contributed by atoms with E-state index in [1.807, 2.05) is 18.2 Å². The summed E-state index contributed by atoms with van der Waals surface area (Å²) >= 11 is 0.